The number of likely N-dealkylation sites (N-methyl/N-ethyl adjacent to an activating group) is 1. The lowest BCUT2D eigenvalue weighted by Crippen LogP contribution is -2.62. The normalized spacial score (nSPS) is 34.1. The first-order valence-electron chi connectivity index (χ1n) is 19.0. The predicted octanol–water partition coefficient (Wildman–Crippen LogP) is 5.18. The zero-order valence-corrected chi connectivity index (χ0v) is 32.6. The van der Waals surface area contributed by atoms with Gasteiger partial charge in [0.05, 0.1) is 29.1 Å². The van der Waals surface area contributed by atoms with Gasteiger partial charge in [-0.25, -0.2) is 17.5 Å². The summed E-state index contributed by atoms with van der Waals surface area (Å²) in [5, 5.41) is -0.715. The van der Waals surface area contributed by atoms with Crippen LogP contribution in [0.3, 0.4) is 0 Å². The van der Waals surface area contributed by atoms with Crippen LogP contribution in [0.1, 0.15) is 67.4 Å². The van der Waals surface area contributed by atoms with Gasteiger partial charge in [0.15, 0.2) is 0 Å². The van der Waals surface area contributed by atoms with E-state index in [1.54, 1.807) is 43.2 Å². The summed E-state index contributed by atoms with van der Waals surface area (Å²) >= 11 is 6.29. The van der Waals surface area contributed by atoms with Gasteiger partial charge in [-0.15, -0.1) is 0 Å². The summed E-state index contributed by atoms with van der Waals surface area (Å²) in [7, 11) is -0.409. The van der Waals surface area contributed by atoms with Crippen molar-refractivity contribution in [1.29, 1.82) is 0 Å². The van der Waals surface area contributed by atoms with Crippen molar-refractivity contribution in [1.82, 2.24) is 14.5 Å². The lowest BCUT2D eigenvalue weighted by atomic mass is 9.58. The number of ether oxygens (including phenoxy) is 2. The molecule has 286 valence electrons. The molecule has 7 atom stereocenters. The number of nitrogens with zero attached hydrogens (tertiary/aromatic N) is 3. The second-order valence-corrected chi connectivity index (χ2v) is 19.0. The van der Waals surface area contributed by atoms with Crippen LogP contribution >= 0.6 is 11.6 Å². The zero-order chi connectivity index (χ0) is 37.4. The summed E-state index contributed by atoms with van der Waals surface area (Å²) in [6.07, 6.45) is 6.96. The van der Waals surface area contributed by atoms with E-state index in [1.807, 2.05) is 20.0 Å². The van der Waals surface area contributed by atoms with Crippen LogP contribution in [0.25, 0.3) is 0 Å². The molecule has 1 spiro atoms. The largest absolute Gasteiger partial charge is 0.490 e. The van der Waals surface area contributed by atoms with E-state index in [0.29, 0.717) is 69.2 Å². The van der Waals surface area contributed by atoms with Gasteiger partial charge in [-0.3, -0.25) is 14.5 Å². The van der Waals surface area contributed by atoms with Crippen molar-refractivity contribution in [2.45, 2.75) is 68.6 Å². The number of allylic oxidation sites excluding steroid dienone is 1. The molecule has 4 heterocycles. The minimum absolute atomic E-state index is 0.00414. The Bertz CT molecular complexity index is 1980. The van der Waals surface area contributed by atoms with Crippen LogP contribution in [0.2, 0.25) is 5.02 Å². The van der Waals surface area contributed by atoms with E-state index in [9.17, 15) is 18.0 Å². The SMILES string of the molecule is CO[C@@]1(CN2CCN(C)C(=O)C2)C2=C[C@@H](C2)[C@H](C)[C@@H](C)S(=O)(=O)NC(=O)c2ccc3c(c2)N(C[C@@H]2CC[C@H]21)C[C@@]1(CCCc2c1ccc(Cl)c2F)CO3. The number of carbonyl (C=O) groups excluding carboxylic acids is 2. The Balaban J connectivity index is 1.23. The molecule has 53 heavy (non-hydrogen) atoms. The monoisotopic (exact) mass is 768 g/mol. The molecule has 1 N–H and O–H groups in total. The predicted molar refractivity (Wildman–Crippen MR) is 201 cm³/mol. The van der Waals surface area contributed by atoms with E-state index in [4.69, 9.17) is 21.1 Å². The van der Waals surface area contributed by atoms with Crippen LogP contribution < -0.4 is 14.4 Å². The van der Waals surface area contributed by atoms with Crippen molar-refractivity contribution in [2.75, 3.05) is 64.9 Å². The van der Waals surface area contributed by atoms with Gasteiger partial charge in [0.1, 0.15) is 17.2 Å². The first-order chi connectivity index (χ1) is 25.2. The molecule has 2 aromatic carbocycles. The van der Waals surface area contributed by atoms with Crippen LogP contribution in [0, 0.1) is 29.5 Å². The zero-order valence-electron chi connectivity index (χ0n) is 31.0. The van der Waals surface area contributed by atoms with Crippen LogP contribution in [-0.4, -0.2) is 101 Å². The molecule has 2 amide bonds. The smallest absolute Gasteiger partial charge is 0.264 e. The van der Waals surface area contributed by atoms with Crippen molar-refractivity contribution >= 4 is 39.1 Å². The summed E-state index contributed by atoms with van der Waals surface area (Å²) in [5.74, 6) is -0.292. The first-order valence-corrected chi connectivity index (χ1v) is 21.0. The fraction of sp³-hybridized carbons (Fsp3) is 0.600. The van der Waals surface area contributed by atoms with Crippen LogP contribution in [-0.2, 0) is 31.4 Å². The fourth-order valence-electron chi connectivity index (χ4n) is 10.1. The summed E-state index contributed by atoms with van der Waals surface area (Å²) in [6.45, 7) is 7.37. The maximum atomic E-state index is 15.6. The molecule has 2 aromatic rings. The Morgan fingerprint density at radius 1 is 1.13 bits per heavy atom. The number of carbonyl (C=O) groups is 2. The van der Waals surface area contributed by atoms with E-state index in [2.05, 4.69) is 20.6 Å². The molecular formula is C40H50ClFN4O6S. The maximum Gasteiger partial charge on any atom is 0.264 e. The van der Waals surface area contributed by atoms with Gasteiger partial charge >= 0.3 is 0 Å². The van der Waals surface area contributed by atoms with Crippen molar-refractivity contribution in [3.05, 3.63) is 69.5 Å². The number of fused-ring (bicyclic) bond motifs is 6. The Labute approximate surface area is 317 Å². The molecule has 0 unspecified atom stereocenters. The highest BCUT2D eigenvalue weighted by Crippen LogP contribution is 2.54. The highest BCUT2D eigenvalue weighted by Gasteiger charge is 2.55. The number of rotatable bonds is 3. The summed E-state index contributed by atoms with van der Waals surface area (Å²) < 4.78 is 58.7. The molecule has 7 aliphatic rings. The summed E-state index contributed by atoms with van der Waals surface area (Å²) in [4.78, 5) is 32.9. The highest BCUT2D eigenvalue weighted by molar-refractivity contribution is 7.90. The van der Waals surface area contributed by atoms with Crippen LogP contribution in [0.4, 0.5) is 10.1 Å². The van der Waals surface area contributed by atoms with Gasteiger partial charge in [-0.1, -0.05) is 30.7 Å². The molecule has 2 fully saturated rings. The standard InChI is InChI=1S/C40H50ClFN4O6S/c1-24-25(2)53(49,50)43-38(48)26-8-12-35-34(18-26)46(21-39(23-52-35)13-5-6-30-32(39)10-11-33(41)37(30)42)19-27-7-9-31(27)40(51-4,29-16-28(24)17-29)22-45-15-14-44(3)36(47)20-45/h8,10-12,16,18,24-25,27-28,31H,5-7,9,13-15,17,19-23H2,1-4H3,(H,43,48)/t24-,25-,27+,28+,31-,39+,40+/m1/s1. The quantitative estimate of drug-likeness (QED) is 0.426. The van der Waals surface area contributed by atoms with Crippen LogP contribution in [0.15, 0.2) is 42.0 Å². The Kier molecular flexibility index (Phi) is 9.39. The topological polar surface area (TPSA) is 108 Å². The van der Waals surface area contributed by atoms with Gasteiger partial charge < -0.3 is 19.3 Å². The first kappa shape index (κ1) is 36.8. The van der Waals surface area contributed by atoms with Gasteiger partial charge in [-0.05, 0) is 110 Å². The molecule has 9 rings (SSSR count). The number of hydrogen-bond acceptors (Lipinski definition) is 8. The second kappa shape index (κ2) is 13.5. The van der Waals surface area contributed by atoms with Gasteiger partial charge in [0.25, 0.3) is 5.91 Å². The van der Waals surface area contributed by atoms with Crippen molar-refractivity contribution in [3.8, 4) is 5.75 Å². The highest BCUT2D eigenvalue weighted by atomic mass is 35.5. The van der Waals surface area contributed by atoms with Gasteiger partial charge in [-0.2, -0.15) is 0 Å². The summed E-state index contributed by atoms with van der Waals surface area (Å²) in [5.41, 5.74) is 2.43. The third kappa shape index (κ3) is 6.16. The number of piperazine rings is 1. The Hall–Kier alpha value is -3.19. The lowest BCUT2D eigenvalue weighted by Gasteiger charge is -2.56. The molecular weight excluding hydrogens is 719 g/mol. The average Bonchev–Trinajstić information content (AvgIpc) is 3.25. The molecule has 1 saturated heterocycles. The molecule has 13 heteroatoms. The maximum absolute atomic E-state index is 15.6. The van der Waals surface area contributed by atoms with Crippen molar-refractivity contribution in [2.24, 2.45) is 23.7 Å². The molecule has 1 saturated carbocycles. The number of sulfonamides is 1. The van der Waals surface area contributed by atoms with E-state index in [1.165, 1.54) is 0 Å². The molecule has 4 bridgehead atoms. The summed E-state index contributed by atoms with van der Waals surface area (Å²) in [6, 6.07) is 8.70. The van der Waals surface area contributed by atoms with Crippen molar-refractivity contribution in [3.63, 3.8) is 0 Å². The second-order valence-electron chi connectivity index (χ2n) is 16.5. The number of benzene rings is 2. The number of amides is 2. The minimum Gasteiger partial charge on any atom is -0.490 e. The average molecular weight is 769 g/mol. The van der Waals surface area contributed by atoms with Gasteiger partial charge in [0.2, 0.25) is 15.9 Å². The van der Waals surface area contributed by atoms with Crippen molar-refractivity contribution < 1.29 is 31.9 Å². The van der Waals surface area contributed by atoms with E-state index < -0.39 is 32.2 Å². The van der Waals surface area contributed by atoms with Gasteiger partial charge in [0, 0.05) is 57.9 Å². The molecule has 10 nitrogen and oxygen atoms in total. The van der Waals surface area contributed by atoms with Crippen LogP contribution in [0.5, 0.6) is 5.75 Å². The number of halogens is 2. The lowest BCUT2D eigenvalue weighted by molar-refractivity contribution is -0.140. The third-order valence-corrected chi connectivity index (χ3v) is 16.0. The molecule has 4 aliphatic heterocycles. The number of methoxy groups -OCH3 is 1. The van der Waals surface area contributed by atoms with E-state index in [-0.39, 0.29) is 46.0 Å². The minimum atomic E-state index is -4.03. The number of anilines is 1. The third-order valence-electron chi connectivity index (χ3n) is 13.8. The number of nitrogens with one attached hydrogen (secondary N) is 1. The molecule has 3 aliphatic carbocycles. The van der Waals surface area contributed by atoms with E-state index >= 15 is 4.39 Å². The molecule has 0 radical (unpaired) electrons. The Morgan fingerprint density at radius 2 is 1.92 bits per heavy atom. The molecule has 0 aromatic heterocycles. The fourth-order valence-corrected chi connectivity index (χ4v) is 11.6. The van der Waals surface area contributed by atoms with E-state index in [0.717, 1.165) is 43.4 Å². The Morgan fingerprint density at radius 3 is 2.64 bits per heavy atom. The number of hydrogen-bond donors (Lipinski definition) is 1.